The molecule has 0 fully saturated rings. The zero-order valence-corrected chi connectivity index (χ0v) is 16.1. The predicted molar refractivity (Wildman–Crippen MR) is 105 cm³/mol. The number of methoxy groups -OCH3 is 1. The molecule has 0 aliphatic heterocycles. The number of carbonyl (C=O) groups is 2. The Hall–Kier alpha value is -2.70. The number of anilines is 1. The Morgan fingerprint density at radius 2 is 1.93 bits per heavy atom. The van der Waals surface area contributed by atoms with Crippen molar-refractivity contribution >= 4 is 51.7 Å². The highest BCUT2D eigenvalue weighted by Gasteiger charge is 2.17. The highest BCUT2D eigenvalue weighted by atomic mass is 35.5. The smallest absolute Gasteiger partial charge is 0.343 e. The molecule has 8 heteroatoms. The van der Waals surface area contributed by atoms with Gasteiger partial charge in [-0.1, -0.05) is 23.2 Å². The second-order valence-electron chi connectivity index (χ2n) is 5.80. The van der Waals surface area contributed by atoms with Gasteiger partial charge in [0.1, 0.15) is 11.4 Å². The molecule has 1 aromatic heterocycles. The number of ether oxygens (including phenoxy) is 2. The van der Waals surface area contributed by atoms with E-state index < -0.39 is 5.97 Å². The Morgan fingerprint density at radius 1 is 1.15 bits per heavy atom. The first kappa shape index (κ1) is 19.1. The van der Waals surface area contributed by atoms with Crippen LogP contribution in [0.15, 0.2) is 36.4 Å². The SMILES string of the molecule is COC(=O)COc1ccc(NC(=O)c2[nH]c3ccc(Cl)cc3c2Cl)c(C)c1. The van der Waals surface area contributed by atoms with Crippen molar-refractivity contribution in [3.05, 3.63) is 57.7 Å². The second-order valence-corrected chi connectivity index (χ2v) is 6.61. The Bertz CT molecular complexity index is 1030. The van der Waals surface area contributed by atoms with Crippen molar-refractivity contribution in [3.8, 4) is 5.75 Å². The van der Waals surface area contributed by atoms with Crippen LogP contribution >= 0.6 is 23.2 Å². The van der Waals surface area contributed by atoms with E-state index in [-0.39, 0.29) is 18.2 Å². The van der Waals surface area contributed by atoms with E-state index in [1.54, 1.807) is 36.4 Å². The zero-order chi connectivity index (χ0) is 19.6. The lowest BCUT2D eigenvalue weighted by Gasteiger charge is -2.10. The number of fused-ring (bicyclic) bond motifs is 1. The number of esters is 1. The van der Waals surface area contributed by atoms with E-state index in [1.807, 2.05) is 6.92 Å². The van der Waals surface area contributed by atoms with Gasteiger partial charge in [-0.2, -0.15) is 0 Å². The highest BCUT2D eigenvalue weighted by molar-refractivity contribution is 6.40. The molecule has 0 atom stereocenters. The van der Waals surface area contributed by atoms with Crippen molar-refractivity contribution in [2.75, 3.05) is 19.0 Å². The molecule has 27 heavy (non-hydrogen) atoms. The Labute approximate surface area is 165 Å². The van der Waals surface area contributed by atoms with Gasteiger partial charge < -0.3 is 19.8 Å². The van der Waals surface area contributed by atoms with E-state index in [4.69, 9.17) is 27.9 Å². The van der Waals surface area contributed by atoms with E-state index in [0.717, 1.165) is 11.1 Å². The van der Waals surface area contributed by atoms with Gasteiger partial charge in [0.05, 0.1) is 12.1 Å². The summed E-state index contributed by atoms with van der Waals surface area (Å²) in [6.07, 6.45) is 0. The van der Waals surface area contributed by atoms with Crippen LogP contribution in [0.25, 0.3) is 10.9 Å². The number of benzene rings is 2. The van der Waals surface area contributed by atoms with E-state index in [1.165, 1.54) is 7.11 Å². The maximum atomic E-state index is 12.6. The van der Waals surface area contributed by atoms with Gasteiger partial charge in [-0.3, -0.25) is 4.79 Å². The molecule has 6 nitrogen and oxygen atoms in total. The molecule has 0 spiro atoms. The minimum atomic E-state index is -0.474. The molecule has 0 saturated carbocycles. The van der Waals surface area contributed by atoms with E-state index in [2.05, 4.69) is 15.0 Å². The van der Waals surface area contributed by atoms with Crippen LogP contribution < -0.4 is 10.1 Å². The third-order valence-corrected chi connectivity index (χ3v) is 4.58. The maximum absolute atomic E-state index is 12.6. The van der Waals surface area contributed by atoms with E-state index in [0.29, 0.717) is 26.9 Å². The summed E-state index contributed by atoms with van der Waals surface area (Å²) in [5.41, 5.74) is 2.33. The third kappa shape index (κ3) is 4.18. The topological polar surface area (TPSA) is 80.4 Å². The molecule has 0 unspecified atom stereocenters. The standard InChI is InChI=1S/C19H16Cl2N2O4/c1-10-7-12(27-9-16(24)26-2)4-6-14(10)23-19(25)18-17(21)13-8-11(20)3-5-15(13)22-18/h3-8,22H,9H2,1-2H3,(H,23,25). The van der Waals surface area contributed by atoms with Gasteiger partial charge in [0.2, 0.25) is 0 Å². The van der Waals surface area contributed by atoms with Gasteiger partial charge in [-0.05, 0) is 48.9 Å². The fourth-order valence-electron chi connectivity index (χ4n) is 2.54. The molecule has 3 aromatic rings. The fourth-order valence-corrected chi connectivity index (χ4v) is 3.00. The molecule has 1 amide bonds. The number of nitrogens with one attached hydrogen (secondary N) is 2. The first-order chi connectivity index (χ1) is 12.9. The van der Waals surface area contributed by atoms with Gasteiger partial charge in [0.25, 0.3) is 5.91 Å². The minimum absolute atomic E-state index is 0.186. The Kier molecular flexibility index (Phi) is 5.58. The van der Waals surface area contributed by atoms with Gasteiger partial charge in [0.15, 0.2) is 6.61 Å². The molecular weight excluding hydrogens is 391 g/mol. The van der Waals surface area contributed by atoms with Crippen molar-refractivity contribution < 1.29 is 19.1 Å². The van der Waals surface area contributed by atoms with Crippen molar-refractivity contribution in [2.45, 2.75) is 6.92 Å². The quantitative estimate of drug-likeness (QED) is 0.607. The van der Waals surface area contributed by atoms with Gasteiger partial charge in [0, 0.05) is 21.6 Å². The predicted octanol–water partition coefficient (Wildman–Crippen LogP) is 4.59. The second kappa shape index (κ2) is 7.90. The van der Waals surface area contributed by atoms with Crippen LogP contribution in [-0.2, 0) is 9.53 Å². The summed E-state index contributed by atoms with van der Waals surface area (Å²) in [4.78, 5) is 26.8. The molecule has 0 bridgehead atoms. The summed E-state index contributed by atoms with van der Waals surface area (Å²) in [6, 6.07) is 10.2. The van der Waals surface area contributed by atoms with Crippen LogP contribution in [0, 0.1) is 6.92 Å². The van der Waals surface area contributed by atoms with Crippen molar-refractivity contribution in [3.63, 3.8) is 0 Å². The Morgan fingerprint density at radius 3 is 2.63 bits per heavy atom. The summed E-state index contributed by atoms with van der Waals surface area (Å²) in [6.45, 7) is 1.63. The number of aromatic nitrogens is 1. The third-order valence-electron chi connectivity index (χ3n) is 3.95. The number of amides is 1. The summed E-state index contributed by atoms with van der Waals surface area (Å²) < 4.78 is 9.85. The van der Waals surface area contributed by atoms with Crippen LogP contribution in [-0.4, -0.2) is 30.6 Å². The summed E-state index contributed by atoms with van der Waals surface area (Å²) in [7, 11) is 1.29. The average molecular weight is 407 g/mol. The average Bonchev–Trinajstić information content (AvgIpc) is 2.98. The van der Waals surface area contributed by atoms with E-state index in [9.17, 15) is 9.59 Å². The molecule has 1 heterocycles. The van der Waals surface area contributed by atoms with Crippen LogP contribution in [0.5, 0.6) is 5.75 Å². The van der Waals surface area contributed by atoms with Crippen molar-refractivity contribution in [1.82, 2.24) is 4.98 Å². The van der Waals surface area contributed by atoms with Crippen molar-refractivity contribution in [1.29, 1.82) is 0 Å². The number of carbonyl (C=O) groups excluding carboxylic acids is 2. The summed E-state index contributed by atoms with van der Waals surface area (Å²) in [5, 5.41) is 4.33. The summed E-state index contributed by atoms with van der Waals surface area (Å²) >= 11 is 12.3. The van der Waals surface area contributed by atoms with Crippen LogP contribution in [0.3, 0.4) is 0 Å². The van der Waals surface area contributed by atoms with E-state index >= 15 is 0 Å². The lowest BCUT2D eigenvalue weighted by Crippen LogP contribution is -2.14. The monoisotopic (exact) mass is 406 g/mol. The first-order valence-corrected chi connectivity index (χ1v) is 8.73. The highest BCUT2D eigenvalue weighted by Crippen LogP contribution is 2.30. The first-order valence-electron chi connectivity index (χ1n) is 7.97. The molecule has 2 aromatic carbocycles. The molecule has 0 saturated heterocycles. The molecule has 3 rings (SSSR count). The number of hydrogen-bond acceptors (Lipinski definition) is 4. The van der Waals surface area contributed by atoms with Gasteiger partial charge >= 0.3 is 5.97 Å². The molecular formula is C19H16Cl2N2O4. The van der Waals surface area contributed by atoms with Gasteiger partial charge in [-0.25, -0.2) is 4.79 Å². The van der Waals surface area contributed by atoms with Crippen LogP contribution in [0.2, 0.25) is 10.0 Å². The number of aromatic amines is 1. The molecule has 0 aliphatic carbocycles. The normalized spacial score (nSPS) is 10.7. The zero-order valence-electron chi connectivity index (χ0n) is 14.6. The fraction of sp³-hybridized carbons (Fsp3) is 0.158. The minimum Gasteiger partial charge on any atom is -0.482 e. The number of rotatable bonds is 5. The number of halogens is 2. The molecule has 0 aliphatic rings. The van der Waals surface area contributed by atoms with Crippen LogP contribution in [0.1, 0.15) is 16.1 Å². The largest absolute Gasteiger partial charge is 0.482 e. The molecule has 140 valence electrons. The van der Waals surface area contributed by atoms with Crippen molar-refractivity contribution in [2.24, 2.45) is 0 Å². The molecule has 0 radical (unpaired) electrons. The lowest BCUT2D eigenvalue weighted by molar-refractivity contribution is -0.142. The Balaban J connectivity index is 1.78. The van der Waals surface area contributed by atoms with Gasteiger partial charge in [-0.15, -0.1) is 0 Å². The maximum Gasteiger partial charge on any atom is 0.343 e. The number of aryl methyl sites for hydroxylation is 1. The molecule has 2 N–H and O–H groups in total. The number of hydrogen-bond donors (Lipinski definition) is 2. The van der Waals surface area contributed by atoms with Crippen LogP contribution in [0.4, 0.5) is 5.69 Å². The summed E-state index contributed by atoms with van der Waals surface area (Å²) in [5.74, 6) is -0.355. The number of H-pyrrole nitrogens is 1. The lowest BCUT2D eigenvalue weighted by atomic mass is 10.2.